The average Bonchev–Trinajstić information content (AvgIpc) is 2.77. The molecule has 1 aliphatic carbocycles. The van der Waals surface area contributed by atoms with Crippen molar-refractivity contribution in [3.63, 3.8) is 0 Å². The molecule has 4 unspecified atom stereocenters. The van der Waals surface area contributed by atoms with Gasteiger partial charge in [0.1, 0.15) is 5.54 Å². The van der Waals surface area contributed by atoms with E-state index < -0.39 is 5.54 Å². The lowest BCUT2D eigenvalue weighted by Crippen LogP contribution is -2.59. The predicted molar refractivity (Wildman–Crippen MR) is 80.6 cm³/mol. The average molecular weight is 282 g/mol. The zero-order valence-electron chi connectivity index (χ0n) is 13.4. The van der Waals surface area contributed by atoms with E-state index in [4.69, 9.17) is 4.74 Å². The molecule has 0 bridgehead atoms. The number of hydrogen-bond acceptors (Lipinski definition) is 4. The van der Waals surface area contributed by atoms with E-state index in [0.717, 1.165) is 31.7 Å². The van der Waals surface area contributed by atoms with Gasteiger partial charge in [-0.3, -0.25) is 9.69 Å². The summed E-state index contributed by atoms with van der Waals surface area (Å²) in [5, 5.41) is 3.43. The number of carbonyl (C=O) groups is 1. The van der Waals surface area contributed by atoms with Crippen LogP contribution in [0.5, 0.6) is 0 Å². The fourth-order valence-corrected chi connectivity index (χ4v) is 4.32. The normalized spacial score (nSPS) is 38.9. The number of nitrogens with one attached hydrogen (secondary N) is 1. The van der Waals surface area contributed by atoms with Crippen molar-refractivity contribution >= 4 is 5.97 Å². The first-order valence-electron chi connectivity index (χ1n) is 8.11. The topological polar surface area (TPSA) is 41.6 Å². The van der Waals surface area contributed by atoms with Crippen molar-refractivity contribution in [3.8, 4) is 0 Å². The van der Waals surface area contributed by atoms with E-state index in [9.17, 15) is 4.79 Å². The Morgan fingerprint density at radius 1 is 1.45 bits per heavy atom. The summed E-state index contributed by atoms with van der Waals surface area (Å²) in [4.78, 5) is 14.9. The Morgan fingerprint density at radius 2 is 2.20 bits per heavy atom. The Bertz CT molecular complexity index is 343. The van der Waals surface area contributed by atoms with E-state index in [1.54, 1.807) is 0 Å². The van der Waals surface area contributed by atoms with Gasteiger partial charge in [0.25, 0.3) is 0 Å². The maximum Gasteiger partial charge on any atom is 0.326 e. The van der Waals surface area contributed by atoms with Crippen LogP contribution in [0.25, 0.3) is 0 Å². The molecule has 0 radical (unpaired) electrons. The molecule has 20 heavy (non-hydrogen) atoms. The molecule has 1 saturated carbocycles. The minimum atomic E-state index is -0.460. The van der Waals surface area contributed by atoms with Crippen molar-refractivity contribution in [2.75, 3.05) is 20.2 Å². The van der Waals surface area contributed by atoms with Gasteiger partial charge in [0.05, 0.1) is 7.11 Å². The number of likely N-dealkylation sites (N-methyl/N-ethyl adjacent to an activating group) is 1. The molecular formula is C16H30N2O2. The van der Waals surface area contributed by atoms with Crippen LogP contribution in [0.2, 0.25) is 0 Å². The molecule has 2 fully saturated rings. The van der Waals surface area contributed by atoms with Crippen molar-refractivity contribution < 1.29 is 9.53 Å². The Balaban J connectivity index is 2.11. The predicted octanol–water partition coefficient (Wildman–Crippen LogP) is 2.18. The number of hydrogen-bond donors (Lipinski definition) is 1. The molecule has 1 saturated heterocycles. The van der Waals surface area contributed by atoms with E-state index in [2.05, 4.69) is 31.0 Å². The first-order chi connectivity index (χ1) is 9.52. The number of methoxy groups -OCH3 is 1. The van der Waals surface area contributed by atoms with Crippen LogP contribution >= 0.6 is 0 Å². The summed E-state index contributed by atoms with van der Waals surface area (Å²) in [6.07, 6.45) is 5.39. The molecule has 2 aliphatic rings. The van der Waals surface area contributed by atoms with Crippen LogP contribution < -0.4 is 5.32 Å². The second-order valence-corrected chi connectivity index (χ2v) is 6.74. The molecule has 0 aromatic carbocycles. The quantitative estimate of drug-likeness (QED) is 0.803. The second-order valence-electron chi connectivity index (χ2n) is 6.74. The Labute approximate surface area is 123 Å². The summed E-state index contributed by atoms with van der Waals surface area (Å²) >= 11 is 0. The molecule has 2 rings (SSSR count). The lowest BCUT2D eigenvalue weighted by molar-refractivity contribution is -0.151. The van der Waals surface area contributed by atoms with Gasteiger partial charge in [0, 0.05) is 18.6 Å². The van der Waals surface area contributed by atoms with Crippen LogP contribution in [0.4, 0.5) is 0 Å². The van der Waals surface area contributed by atoms with E-state index >= 15 is 0 Å². The minimum absolute atomic E-state index is 0.0797. The molecule has 4 heteroatoms. The minimum Gasteiger partial charge on any atom is -0.468 e. The zero-order valence-corrected chi connectivity index (χ0v) is 13.4. The maximum absolute atomic E-state index is 12.3. The van der Waals surface area contributed by atoms with E-state index in [1.807, 2.05) is 0 Å². The third-order valence-electron chi connectivity index (χ3n) is 5.12. The molecule has 1 N–H and O–H groups in total. The Morgan fingerprint density at radius 3 is 2.75 bits per heavy atom. The fraction of sp³-hybridized carbons (Fsp3) is 0.938. The summed E-state index contributed by atoms with van der Waals surface area (Å²) < 4.78 is 5.08. The van der Waals surface area contributed by atoms with Gasteiger partial charge < -0.3 is 10.1 Å². The van der Waals surface area contributed by atoms with Crippen molar-refractivity contribution in [2.24, 2.45) is 5.92 Å². The van der Waals surface area contributed by atoms with Gasteiger partial charge in [0.2, 0.25) is 0 Å². The van der Waals surface area contributed by atoms with E-state index in [-0.39, 0.29) is 5.97 Å². The van der Waals surface area contributed by atoms with Crippen LogP contribution in [0, 0.1) is 5.92 Å². The number of rotatable bonds is 4. The molecule has 116 valence electrons. The van der Waals surface area contributed by atoms with Crippen molar-refractivity contribution in [3.05, 3.63) is 0 Å². The highest BCUT2D eigenvalue weighted by atomic mass is 16.5. The lowest BCUT2D eigenvalue weighted by atomic mass is 9.78. The molecular weight excluding hydrogens is 252 g/mol. The van der Waals surface area contributed by atoms with Gasteiger partial charge in [-0.1, -0.05) is 13.8 Å². The van der Waals surface area contributed by atoms with E-state index in [1.165, 1.54) is 26.5 Å². The van der Waals surface area contributed by atoms with Gasteiger partial charge in [-0.05, 0) is 51.5 Å². The summed E-state index contributed by atoms with van der Waals surface area (Å²) in [7, 11) is 1.51. The third-order valence-corrected chi connectivity index (χ3v) is 5.12. The Hall–Kier alpha value is -0.610. The second kappa shape index (κ2) is 6.44. The van der Waals surface area contributed by atoms with Crippen molar-refractivity contribution in [1.82, 2.24) is 10.2 Å². The molecule has 0 amide bonds. The van der Waals surface area contributed by atoms with Crippen LogP contribution in [-0.4, -0.2) is 48.7 Å². The highest BCUT2D eigenvalue weighted by molar-refractivity contribution is 5.81. The largest absolute Gasteiger partial charge is 0.468 e. The fourth-order valence-electron chi connectivity index (χ4n) is 4.32. The van der Waals surface area contributed by atoms with Crippen molar-refractivity contribution in [2.45, 2.75) is 70.5 Å². The molecule has 0 aromatic heterocycles. The van der Waals surface area contributed by atoms with Gasteiger partial charge in [-0.2, -0.15) is 0 Å². The Kier molecular flexibility index (Phi) is 5.08. The maximum atomic E-state index is 12.3. The molecule has 4 nitrogen and oxygen atoms in total. The molecule has 0 aromatic rings. The lowest BCUT2D eigenvalue weighted by Gasteiger charge is -2.43. The van der Waals surface area contributed by atoms with Gasteiger partial charge >= 0.3 is 5.97 Å². The number of nitrogens with zero attached hydrogens (tertiary/aromatic N) is 1. The van der Waals surface area contributed by atoms with Gasteiger partial charge in [0.15, 0.2) is 0 Å². The summed E-state index contributed by atoms with van der Waals surface area (Å²) in [6.45, 7) is 8.71. The monoisotopic (exact) mass is 282 g/mol. The van der Waals surface area contributed by atoms with Gasteiger partial charge in [-0.25, -0.2) is 0 Å². The highest BCUT2D eigenvalue weighted by Crippen LogP contribution is 2.36. The summed E-state index contributed by atoms with van der Waals surface area (Å²) in [5.74, 6) is 0.697. The summed E-state index contributed by atoms with van der Waals surface area (Å²) in [6, 6.07) is 1.16. The third kappa shape index (κ3) is 3.01. The highest BCUT2D eigenvalue weighted by Gasteiger charge is 2.46. The van der Waals surface area contributed by atoms with Crippen LogP contribution in [-0.2, 0) is 9.53 Å². The van der Waals surface area contributed by atoms with Crippen LogP contribution in [0.1, 0.15) is 52.9 Å². The molecule has 0 spiro atoms. The summed E-state index contributed by atoms with van der Waals surface area (Å²) in [5.41, 5.74) is -0.460. The van der Waals surface area contributed by atoms with E-state index in [0.29, 0.717) is 12.1 Å². The number of ether oxygens (including phenoxy) is 1. The van der Waals surface area contributed by atoms with Gasteiger partial charge in [-0.15, -0.1) is 0 Å². The molecule has 1 heterocycles. The number of carbonyl (C=O) groups excluding carboxylic acids is 1. The van der Waals surface area contributed by atoms with Crippen LogP contribution in [0.15, 0.2) is 0 Å². The smallest absolute Gasteiger partial charge is 0.326 e. The SMILES string of the molecule is CCNC1(C(=O)OC)CCCC(N2CC(C)CC2C)C1. The first kappa shape index (κ1) is 15.8. The van der Waals surface area contributed by atoms with Crippen molar-refractivity contribution in [1.29, 1.82) is 0 Å². The zero-order chi connectivity index (χ0) is 14.8. The molecule has 4 atom stereocenters. The number of esters is 1. The standard InChI is InChI=1S/C16H30N2O2/c1-5-17-16(15(19)20-4)8-6-7-14(10-16)18-11-12(2)9-13(18)3/h12-14,17H,5-11H2,1-4H3. The first-order valence-corrected chi connectivity index (χ1v) is 8.11. The number of likely N-dealkylation sites (tertiary alicyclic amines) is 1. The van der Waals surface area contributed by atoms with Crippen LogP contribution in [0.3, 0.4) is 0 Å². The molecule has 1 aliphatic heterocycles.